The summed E-state index contributed by atoms with van der Waals surface area (Å²) in [5.41, 5.74) is 1.45. The van der Waals surface area contributed by atoms with Crippen molar-refractivity contribution in [3.05, 3.63) is 70.7 Å². The number of carbonyl (C=O) groups is 3. The Morgan fingerprint density at radius 3 is 2.40 bits per heavy atom. The molecule has 154 valence electrons. The van der Waals surface area contributed by atoms with Gasteiger partial charge in [-0.1, -0.05) is 18.2 Å². The second-order valence-electron chi connectivity index (χ2n) is 6.45. The van der Waals surface area contributed by atoms with Gasteiger partial charge in [-0.25, -0.2) is 4.79 Å². The first-order chi connectivity index (χ1) is 14.3. The molecule has 9 nitrogen and oxygen atoms in total. The Morgan fingerprint density at radius 1 is 1.10 bits per heavy atom. The summed E-state index contributed by atoms with van der Waals surface area (Å²) >= 11 is 0. The van der Waals surface area contributed by atoms with Crippen LogP contribution in [0.2, 0.25) is 0 Å². The van der Waals surface area contributed by atoms with Crippen LogP contribution < -0.4 is 11.1 Å². The molecule has 0 aliphatic heterocycles. The number of ketones is 1. The lowest BCUT2D eigenvalue weighted by Gasteiger charge is -2.12. The van der Waals surface area contributed by atoms with Gasteiger partial charge in [0.1, 0.15) is 6.54 Å². The Bertz CT molecular complexity index is 1120. The maximum Gasteiger partial charge on any atom is 0.437 e. The fourth-order valence-electron chi connectivity index (χ4n) is 2.67. The zero-order valence-corrected chi connectivity index (χ0v) is 16.3. The minimum Gasteiger partial charge on any atom is -0.453 e. The average molecular weight is 409 g/mol. The largest absolute Gasteiger partial charge is 0.453 e. The molecule has 0 saturated carbocycles. The van der Waals surface area contributed by atoms with Crippen LogP contribution in [-0.2, 0) is 20.9 Å². The Labute approximate surface area is 171 Å². The number of amides is 1. The number of nitrogens with one attached hydrogen (secondary N) is 1. The first-order valence-electron chi connectivity index (χ1n) is 9.08. The molecule has 0 saturated heterocycles. The summed E-state index contributed by atoms with van der Waals surface area (Å²) in [7, 11) is 0. The predicted octanol–water partition coefficient (Wildman–Crippen LogP) is 2.28. The summed E-state index contributed by atoms with van der Waals surface area (Å²) in [5.74, 6) is -2.18. The standard InChI is InChI=1S/C21H19N3O6/c1-13(19(27)15-8-10-17(11-9-15)22-14(2)25)29-18(26)12-24-21(28)30-20(23-24)16-6-4-3-5-7-16/h3-11,13H,12H2,1-2H3,(H,22,25)/t13-/m0/s1. The molecule has 9 heteroatoms. The molecule has 30 heavy (non-hydrogen) atoms. The minimum atomic E-state index is -1.07. The number of nitrogens with zero attached hydrogens (tertiary/aromatic N) is 2. The Balaban J connectivity index is 1.62. The van der Waals surface area contributed by atoms with Crippen molar-refractivity contribution in [2.45, 2.75) is 26.5 Å². The van der Waals surface area contributed by atoms with E-state index in [4.69, 9.17) is 9.15 Å². The average Bonchev–Trinajstić information content (AvgIpc) is 3.08. The third-order valence-corrected chi connectivity index (χ3v) is 4.07. The molecule has 0 aliphatic carbocycles. The van der Waals surface area contributed by atoms with Crippen LogP contribution in [0.3, 0.4) is 0 Å². The van der Waals surface area contributed by atoms with Crippen molar-refractivity contribution in [3.63, 3.8) is 0 Å². The Kier molecular flexibility index (Phi) is 6.21. The fourth-order valence-corrected chi connectivity index (χ4v) is 2.67. The topological polar surface area (TPSA) is 120 Å². The zero-order chi connectivity index (χ0) is 21.7. The van der Waals surface area contributed by atoms with E-state index < -0.39 is 30.2 Å². The van der Waals surface area contributed by atoms with Crippen molar-refractivity contribution >= 4 is 23.3 Å². The Hall–Kier alpha value is -4.01. The molecule has 2 aromatic carbocycles. The molecule has 0 aliphatic rings. The number of benzene rings is 2. The van der Waals surface area contributed by atoms with Gasteiger partial charge in [-0.15, -0.1) is 5.10 Å². The number of carbonyl (C=O) groups excluding carboxylic acids is 3. The van der Waals surface area contributed by atoms with E-state index in [0.29, 0.717) is 16.8 Å². The monoisotopic (exact) mass is 409 g/mol. The van der Waals surface area contributed by atoms with E-state index >= 15 is 0 Å². The van der Waals surface area contributed by atoms with Gasteiger partial charge in [0.05, 0.1) is 0 Å². The summed E-state index contributed by atoms with van der Waals surface area (Å²) in [4.78, 5) is 47.6. The summed E-state index contributed by atoms with van der Waals surface area (Å²) < 4.78 is 11.0. The van der Waals surface area contributed by atoms with Crippen LogP contribution in [0, 0.1) is 0 Å². The second kappa shape index (κ2) is 8.99. The Morgan fingerprint density at radius 2 is 1.77 bits per heavy atom. The molecule has 0 bridgehead atoms. The van der Waals surface area contributed by atoms with E-state index in [9.17, 15) is 19.2 Å². The molecule has 3 aromatic rings. The van der Waals surface area contributed by atoms with Crippen LogP contribution in [0.1, 0.15) is 24.2 Å². The smallest absolute Gasteiger partial charge is 0.437 e. The van der Waals surface area contributed by atoms with E-state index in [0.717, 1.165) is 4.68 Å². The van der Waals surface area contributed by atoms with E-state index in [1.54, 1.807) is 36.4 Å². The lowest BCUT2D eigenvalue weighted by atomic mass is 10.1. The first kappa shape index (κ1) is 20.7. The van der Waals surface area contributed by atoms with Crippen molar-refractivity contribution in [2.75, 3.05) is 5.32 Å². The molecule has 0 spiro atoms. The first-order valence-corrected chi connectivity index (χ1v) is 9.08. The SMILES string of the molecule is CC(=O)Nc1ccc(C(=O)[C@H](C)OC(=O)Cn2nc(-c3ccccc3)oc2=O)cc1. The fraction of sp³-hybridized carbons (Fsp3) is 0.190. The lowest BCUT2D eigenvalue weighted by molar-refractivity contribution is -0.147. The van der Waals surface area contributed by atoms with Gasteiger partial charge in [-0.2, -0.15) is 4.68 Å². The van der Waals surface area contributed by atoms with Crippen LogP contribution in [-0.4, -0.2) is 33.5 Å². The highest BCUT2D eigenvalue weighted by Crippen LogP contribution is 2.15. The molecule has 1 N–H and O–H groups in total. The number of hydrogen-bond acceptors (Lipinski definition) is 7. The number of aromatic nitrogens is 2. The molecule has 0 fully saturated rings. The van der Waals surface area contributed by atoms with Gasteiger partial charge in [-0.3, -0.25) is 14.4 Å². The van der Waals surface area contributed by atoms with Crippen molar-refractivity contribution in [1.82, 2.24) is 9.78 Å². The summed E-state index contributed by atoms with van der Waals surface area (Å²) in [6.45, 7) is 2.32. The van der Waals surface area contributed by atoms with Crippen LogP contribution >= 0.6 is 0 Å². The van der Waals surface area contributed by atoms with Crippen molar-refractivity contribution < 1.29 is 23.5 Å². The molecule has 3 rings (SSSR count). The van der Waals surface area contributed by atoms with E-state index in [1.807, 2.05) is 6.07 Å². The van der Waals surface area contributed by atoms with Gasteiger partial charge >= 0.3 is 11.7 Å². The molecule has 0 radical (unpaired) electrons. The molecule has 1 amide bonds. The third kappa shape index (κ3) is 5.07. The van der Waals surface area contributed by atoms with Gasteiger partial charge in [-0.05, 0) is 43.3 Å². The maximum atomic E-state index is 12.5. The number of Topliss-reactive ketones (excluding diaryl/α,β-unsaturated/α-hetero) is 1. The van der Waals surface area contributed by atoms with Gasteiger partial charge in [0, 0.05) is 23.7 Å². The molecule has 1 heterocycles. The summed E-state index contributed by atoms with van der Waals surface area (Å²) in [6, 6.07) is 14.9. The van der Waals surface area contributed by atoms with E-state index in [1.165, 1.54) is 26.0 Å². The van der Waals surface area contributed by atoms with Gasteiger partial charge in [0.15, 0.2) is 6.10 Å². The van der Waals surface area contributed by atoms with Crippen LogP contribution in [0.5, 0.6) is 0 Å². The predicted molar refractivity (Wildman–Crippen MR) is 107 cm³/mol. The van der Waals surface area contributed by atoms with Crippen molar-refractivity contribution in [3.8, 4) is 11.5 Å². The van der Waals surface area contributed by atoms with Crippen LogP contribution in [0.25, 0.3) is 11.5 Å². The summed E-state index contributed by atoms with van der Waals surface area (Å²) in [5, 5.41) is 6.58. The van der Waals surface area contributed by atoms with Crippen LogP contribution in [0.15, 0.2) is 63.8 Å². The number of rotatable bonds is 7. The maximum absolute atomic E-state index is 12.5. The van der Waals surface area contributed by atoms with E-state index in [2.05, 4.69) is 10.4 Å². The highest BCUT2D eigenvalue weighted by molar-refractivity contribution is 6.00. The molecule has 1 atom stereocenters. The number of anilines is 1. The van der Waals surface area contributed by atoms with Crippen LogP contribution in [0.4, 0.5) is 5.69 Å². The van der Waals surface area contributed by atoms with Crippen molar-refractivity contribution in [1.29, 1.82) is 0 Å². The highest BCUT2D eigenvalue weighted by atomic mass is 16.5. The van der Waals surface area contributed by atoms with Gasteiger partial charge < -0.3 is 14.5 Å². The molecule has 0 unspecified atom stereocenters. The molecule has 1 aromatic heterocycles. The summed E-state index contributed by atoms with van der Waals surface area (Å²) in [6.07, 6.45) is -1.07. The highest BCUT2D eigenvalue weighted by Gasteiger charge is 2.21. The molecular weight excluding hydrogens is 390 g/mol. The zero-order valence-electron chi connectivity index (χ0n) is 16.3. The quantitative estimate of drug-likeness (QED) is 0.469. The third-order valence-electron chi connectivity index (χ3n) is 4.07. The number of ether oxygens (including phenoxy) is 1. The molecular formula is C21H19N3O6. The van der Waals surface area contributed by atoms with E-state index in [-0.39, 0.29) is 11.8 Å². The lowest BCUT2D eigenvalue weighted by Crippen LogP contribution is -2.29. The van der Waals surface area contributed by atoms with Crippen molar-refractivity contribution in [2.24, 2.45) is 0 Å². The number of hydrogen-bond donors (Lipinski definition) is 1. The second-order valence-corrected chi connectivity index (χ2v) is 6.45. The minimum absolute atomic E-state index is 0.0804. The van der Waals surface area contributed by atoms with Gasteiger partial charge in [0.2, 0.25) is 17.6 Å². The normalized spacial score (nSPS) is 11.5. The number of esters is 1. The van der Waals surface area contributed by atoms with Gasteiger partial charge in [0.25, 0.3) is 0 Å².